The van der Waals surface area contributed by atoms with E-state index in [0.29, 0.717) is 27.2 Å². The lowest BCUT2D eigenvalue weighted by atomic mass is 9.67. The first-order chi connectivity index (χ1) is 13.5. The van der Waals surface area contributed by atoms with E-state index in [-0.39, 0.29) is 17.5 Å². The highest BCUT2D eigenvalue weighted by atomic mass is 32.2. The van der Waals surface area contributed by atoms with E-state index >= 15 is 0 Å². The van der Waals surface area contributed by atoms with E-state index in [2.05, 4.69) is 28.8 Å². The summed E-state index contributed by atoms with van der Waals surface area (Å²) in [6.45, 7) is 1.90. The number of carbonyl (C=O) groups is 1. The molecule has 2 bridgehead atoms. The second-order valence-electron chi connectivity index (χ2n) is 8.36. The Kier molecular flexibility index (Phi) is 4.74. The van der Waals surface area contributed by atoms with Gasteiger partial charge in [-0.15, -0.1) is 23.5 Å². The van der Waals surface area contributed by atoms with Gasteiger partial charge < -0.3 is 9.73 Å². The number of aryl methyl sites for hydroxylation is 1. The number of anilines is 1. The van der Waals surface area contributed by atoms with Crippen LogP contribution < -0.4 is 10.9 Å². The zero-order chi connectivity index (χ0) is 19.3. The van der Waals surface area contributed by atoms with E-state index in [1.54, 1.807) is 6.07 Å². The molecule has 5 rings (SSSR count). The summed E-state index contributed by atoms with van der Waals surface area (Å²) in [4.78, 5) is 24.7. The second-order valence-corrected chi connectivity index (χ2v) is 11.4. The maximum atomic E-state index is 13.1. The van der Waals surface area contributed by atoms with Gasteiger partial charge in [0.25, 0.3) is 0 Å². The lowest BCUT2D eigenvalue weighted by Crippen LogP contribution is -2.48. The van der Waals surface area contributed by atoms with Gasteiger partial charge in [-0.25, -0.2) is 4.79 Å². The standard InChI is InChI=1S/C22H25NO3S2/c1-13-9-20(24)26-19-12-17(5-6-18(13)19)23-21(25)14-10-15-3-2-4-16(11-14)22(15)27-7-8-28-22/h5-6,9,12,14-16H,2-4,7-8,10-11H2,1H3,(H,23,25). The molecule has 148 valence electrons. The first-order valence-electron chi connectivity index (χ1n) is 10.2. The molecule has 3 fully saturated rings. The quantitative estimate of drug-likeness (QED) is 0.696. The fraction of sp³-hybridized carbons (Fsp3) is 0.545. The molecule has 3 aliphatic rings. The van der Waals surface area contributed by atoms with Crippen molar-refractivity contribution < 1.29 is 9.21 Å². The number of carbonyl (C=O) groups excluding carboxylic acids is 1. The molecule has 1 aliphatic heterocycles. The summed E-state index contributed by atoms with van der Waals surface area (Å²) >= 11 is 4.34. The molecule has 1 amide bonds. The van der Waals surface area contributed by atoms with Gasteiger partial charge in [-0.1, -0.05) is 6.42 Å². The van der Waals surface area contributed by atoms with Crippen LogP contribution in [0.2, 0.25) is 0 Å². The molecular formula is C22H25NO3S2. The van der Waals surface area contributed by atoms with Gasteiger partial charge in [-0.2, -0.15) is 0 Å². The number of thioether (sulfide) groups is 2. The number of hydrogen-bond donors (Lipinski definition) is 1. The minimum atomic E-state index is -0.356. The summed E-state index contributed by atoms with van der Waals surface area (Å²) in [7, 11) is 0. The van der Waals surface area contributed by atoms with Crippen LogP contribution >= 0.6 is 23.5 Å². The number of rotatable bonds is 2. The number of nitrogens with one attached hydrogen (secondary N) is 1. The molecule has 1 N–H and O–H groups in total. The minimum Gasteiger partial charge on any atom is -0.423 e. The lowest BCUT2D eigenvalue weighted by Gasteiger charge is -2.52. The van der Waals surface area contributed by atoms with Crippen molar-refractivity contribution in [3.63, 3.8) is 0 Å². The molecule has 1 aromatic heterocycles. The van der Waals surface area contributed by atoms with Crippen LogP contribution in [0.5, 0.6) is 0 Å². The smallest absolute Gasteiger partial charge is 0.336 e. The van der Waals surface area contributed by atoms with Crippen molar-refractivity contribution >= 4 is 46.1 Å². The first kappa shape index (κ1) is 18.6. The molecule has 4 nitrogen and oxygen atoms in total. The summed E-state index contributed by atoms with van der Waals surface area (Å²) in [5.74, 6) is 4.04. The third-order valence-corrected chi connectivity index (χ3v) is 10.7. The Labute approximate surface area is 173 Å². The minimum absolute atomic E-state index is 0.0861. The van der Waals surface area contributed by atoms with Crippen LogP contribution in [0.25, 0.3) is 11.0 Å². The van der Waals surface area contributed by atoms with E-state index in [4.69, 9.17) is 4.42 Å². The molecule has 2 unspecified atom stereocenters. The SMILES string of the molecule is Cc1cc(=O)oc2cc(NC(=O)C3CC4CCCC(C3)C43SCCS3)ccc12. The van der Waals surface area contributed by atoms with Crippen LogP contribution in [0.3, 0.4) is 0 Å². The highest BCUT2D eigenvalue weighted by molar-refractivity contribution is 8.21. The summed E-state index contributed by atoms with van der Waals surface area (Å²) in [5.41, 5.74) is 1.77. The van der Waals surface area contributed by atoms with Crippen molar-refractivity contribution in [1.29, 1.82) is 0 Å². The Morgan fingerprint density at radius 1 is 1.14 bits per heavy atom. The zero-order valence-corrected chi connectivity index (χ0v) is 17.7. The molecule has 1 aromatic carbocycles. The van der Waals surface area contributed by atoms with Gasteiger partial charge in [0.15, 0.2) is 0 Å². The molecule has 1 spiro atoms. The highest BCUT2D eigenvalue weighted by Crippen LogP contribution is 2.64. The van der Waals surface area contributed by atoms with E-state index in [0.717, 1.165) is 23.8 Å². The molecule has 2 atom stereocenters. The van der Waals surface area contributed by atoms with Crippen LogP contribution in [0.4, 0.5) is 5.69 Å². The normalized spacial score (nSPS) is 28.5. The van der Waals surface area contributed by atoms with E-state index in [1.165, 1.54) is 36.8 Å². The largest absolute Gasteiger partial charge is 0.423 e. The molecule has 2 aromatic rings. The predicted octanol–water partition coefficient (Wildman–Crippen LogP) is 5.04. The third-order valence-electron chi connectivity index (χ3n) is 6.71. The van der Waals surface area contributed by atoms with Crippen molar-refractivity contribution in [3.8, 4) is 0 Å². The Bertz CT molecular complexity index is 963. The Balaban J connectivity index is 1.35. The van der Waals surface area contributed by atoms with E-state index in [9.17, 15) is 9.59 Å². The molecule has 6 heteroatoms. The van der Waals surface area contributed by atoms with Gasteiger partial charge in [0.05, 0.1) is 4.08 Å². The average molecular weight is 416 g/mol. The van der Waals surface area contributed by atoms with Gasteiger partial charge in [0.1, 0.15) is 5.58 Å². The number of amides is 1. The molecule has 2 aliphatic carbocycles. The topological polar surface area (TPSA) is 59.3 Å². The summed E-state index contributed by atoms with van der Waals surface area (Å²) in [5, 5.41) is 4.00. The Morgan fingerprint density at radius 3 is 2.57 bits per heavy atom. The maximum absolute atomic E-state index is 13.1. The van der Waals surface area contributed by atoms with Crippen molar-refractivity contribution in [3.05, 3.63) is 40.2 Å². The van der Waals surface area contributed by atoms with Crippen LogP contribution in [0, 0.1) is 24.7 Å². The predicted molar refractivity (Wildman–Crippen MR) is 117 cm³/mol. The lowest BCUT2D eigenvalue weighted by molar-refractivity contribution is -0.122. The monoisotopic (exact) mass is 415 g/mol. The van der Waals surface area contributed by atoms with Crippen molar-refractivity contribution in [2.45, 2.75) is 43.1 Å². The van der Waals surface area contributed by atoms with Gasteiger partial charge in [-0.3, -0.25) is 4.79 Å². The zero-order valence-electron chi connectivity index (χ0n) is 16.0. The fourth-order valence-electron chi connectivity index (χ4n) is 5.47. The third kappa shape index (κ3) is 3.09. The molecule has 1 saturated heterocycles. The van der Waals surface area contributed by atoms with Gasteiger partial charge >= 0.3 is 5.63 Å². The van der Waals surface area contributed by atoms with Crippen molar-refractivity contribution in [2.24, 2.45) is 17.8 Å². The van der Waals surface area contributed by atoms with Crippen LogP contribution in [0.1, 0.15) is 37.7 Å². The molecule has 0 radical (unpaired) electrons. The summed E-state index contributed by atoms with van der Waals surface area (Å²) < 4.78 is 5.71. The molecular weight excluding hydrogens is 390 g/mol. The Morgan fingerprint density at radius 2 is 1.86 bits per heavy atom. The highest BCUT2D eigenvalue weighted by Gasteiger charge is 2.55. The van der Waals surface area contributed by atoms with Crippen LogP contribution in [-0.4, -0.2) is 21.5 Å². The van der Waals surface area contributed by atoms with Gasteiger partial charge in [0.2, 0.25) is 5.91 Å². The second kappa shape index (κ2) is 7.13. The molecule has 28 heavy (non-hydrogen) atoms. The number of benzene rings is 1. The summed E-state index contributed by atoms with van der Waals surface area (Å²) in [6, 6.07) is 7.09. The first-order valence-corrected chi connectivity index (χ1v) is 12.2. The van der Waals surface area contributed by atoms with E-state index in [1.807, 2.05) is 19.1 Å². The molecule has 2 saturated carbocycles. The molecule has 2 heterocycles. The van der Waals surface area contributed by atoms with Gasteiger partial charge in [-0.05, 0) is 62.1 Å². The van der Waals surface area contributed by atoms with Crippen molar-refractivity contribution in [2.75, 3.05) is 16.8 Å². The number of hydrogen-bond acceptors (Lipinski definition) is 5. The van der Waals surface area contributed by atoms with E-state index < -0.39 is 0 Å². The summed E-state index contributed by atoms with van der Waals surface area (Å²) in [6.07, 6.45) is 5.85. The average Bonchev–Trinajstić information content (AvgIpc) is 3.10. The van der Waals surface area contributed by atoms with Crippen LogP contribution in [-0.2, 0) is 4.79 Å². The maximum Gasteiger partial charge on any atom is 0.336 e. The Hall–Kier alpha value is -1.40. The fourth-order valence-corrected chi connectivity index (χ4v) is 9.41. The number of fused-ring (bicyclic) bond motifs is 1. The van der Waals surface area contributed by atoms with Crippen molar-refractivity contribution in [1.82, 2.24) is 0 Å². The van der Waals surface area contributed by atoms with Gasteiger partial charge in [0, 0.05) is 40.6 Å². The van der Waals surface area contributed by atoms with Crippen LogP contribution in [0.15, 0.2) is 33.5 Å².